The summed E-state index contributed by atoms with van der Waals surface area (Å²) in [5, 5.41) is 13.5. The minimum absolute atomic E-state index is 0.607. The zero-order chi connectivity index (χ0) is 14.5. The third-order valence-electron chi connectivity index (χ3n) is 2.81. The van der Waals surface area contributed by atoms with Gasteiger partial charge in [0.25, 0.3) is 0 Å². The highest BCUT2D eigenvalue weighted by Crippen LogP contribution is 2.31. The monoisotopic (exact) mass is 307 g/mol. The van der Waals surface area contributed by atoms with Crippen LogP contribution < -0.4 is 4.90 Å². The minimum atomic E-state index is -0.976. The van der Waals surface area contributed by atoms with Gasteiger partial charge in [-0.05, 0) is 40.1 Å². The Labute approximate surface area is 126 Å². The normalized spacial score (nSPS) is 10.9. The smallest absolute Gasteiger partial charge is 0.328 e. The molecule has 1 N–H and O–H groups in total. The van der Waals surface area contributed by atoms with Crippen molar-refractivity contribution in [2.75, 3.05) is 11.9 Å². The lowest BCUT2D eigenvalue weighted by atomic mass is 10.1. The SMILES string of the molecule is CN(Cc1ccsc1)c1c(Cl)cccc1/C=C/C(=O)O. The molecule has 2 aromatic rings. The molecule has 104 valence electrons. The molecule has 0 saturated carbocycles. The lowest BCUT2D eigenvalue weighted by Gasteiger charge is -2.22. The van der Waals surface area contributed by atoms with E-state index >= 15 is 0 Å². The molecule has 0 radical (unpaired) electrons. The van der Waals surface area contributed by atoms with Crippen LogP contribution in [0.15, 0.2) is 41.1 Å². The number of anilines is 1. The van der Waals surface area contributed by atoms with Crippen molar-refractivity contribution in [3.63, 3.8) is 0 Å². The van der Waals surface area contributed by atoms with Crippen LogP contribution in [0.1, 0.15) is 11.1 Å². The highest BCUT2D eigenvalue weighted by Gasteiger charge is 2.11. The molecule has 0 saturated heterocycles. The van der Waals surface area contributed by atoms with Crippen molar-refractivity contribution < 1.29 is 9.90 Å². The Kier molecular flexibility index (Phi) is 4.82. The molecule has 0 aliphatic heterocycles. The Morgan fingerprint density at radius 1 is 1.45 bits per heavy atom. The molecule has 2 rings (SSSR count). The molecule has 0 aliphatic rings. The number of halogens is 1. The van der Waals surface area contributed by atoms with Crippen molar-refractivity contribution >= 4 is 40.7 Å². The zero-order valence-electron chi connectivity index (χ0n) is 10.9. The van der Waals surface area contributed by atoms with Gasteiger partial charge in [0.1, 0.15) is 0 Å². The summed E-state index contributed by atoms with van der Waals surface area (Å²) in [6, 6.07) is 7.53. The van der Waals surface area contributed by atoms with Gasteiger partial charge in [-0.2, -0.15) is 11.3 Å². The summed E-state index contributed by atoms with van der Waals surface area (Å²) in [6.07, 6.45) is 2.68. The highest BCUT2D eigenvalue weighted by atomic mass is 35.5. The maximum absolute atomic E-state index is 10.7. The van der Waals surface area contributed by atoms with E-state index in [9.17, 15) is 4.79 Å². The van der Waals surface area contributed by atoms with Gasteiger partial charge in [-0.15, -0.1) is 0 Å². The Hall–Kier alpha value is -1.78. The Bertz CT molecular complexity index is 623. The lowest BCUT2D eigenvalue weighted by Crippen LogP contribution is -2.17. The summed E-state index contributed by atoms with van der Waals surface area (Å²) in [7, 11) is 1.94. The van der Waals surface area contributed by atoms with E-state index in [0.29, 0.717) is 5.02 Å². The van der Waals surface area contributed by atoms with Crippen LogP contribution in [-0.4, -0.2) is 18.1 Å². The van der Waals surface area contributed by atoms with Crippen LogP contribution in [-0.2, 0) is 11.3 Å². The van der Waals surface area contributed by atoms with Crippen molar-refractivity contribution in [3.05, 3.63) is 57.3 Å². The molecule has 1 aromatic heterocycles. The minimum Gasteiger partial charge on any atom is -0.478 e. The molecule has 3 nitrogen and oxygen atoms in total. The highest BCUT2D eigenvalue weighted by molar-refractivity contribution is 7.07. The zero-order valence-corrected chi connectivity index (χ0v) is 12.5. The van der Waals surface area contributed by atoms with E-state index in [2.05, 4.69) is 11.4 Å². The standard InChI is InChI=1S/C15H14ClNO2S/c1-17(9-11-7-8-20-10-11)15-12(5-6-14(18)19)3-2-4-13(15)16/h2-8,10H,9H2,1H3,(H,18,19)/b6-5+. The number of carboxylic acid groups (broad SMARTS) is 1. The maximum atomic E-state index is 10.7. The molecular formula is C15H14ClNO2S. The van der Waals surface area contributed by atoms with Crippen molar-refractivity contribution in [2.45, 2.75) is 6.54 Å². The summed E-state index contributed by atoms with van der Waals surface area (Å²) in [4.78, 5) is 12.7. The number of hydrogen-bond acceptors (Lipinski definition) is 3. The molecule has 5 heteroatoms. The first-order valence-electron chi connectivity index (χ1n) is 5.99. The van der Waals surface area contributed by atoms with Crippen molar-refractivity contribution in [1.82, 2.24) is 0 Å². The predicted molar refractivity (Wildman–Crippen MR) is 84.5 cm³/mol. The van der Waals surface area contributed by atoms with Gasteiger partial charge in [-0.25, -0.2) is 4.79 Å². The Morgan fingerprint density at radius 3 is 2.90 bits per heavy atom. The third-order valence-corrected chi connectivity index (χ3v) is 3.84. The molecule has 0 atom stereocenters. The first-order valence-corrected chi connectivity index (χ1v) is 7.31. The topological polar surface area (TPSA) is 40.5 Å². The van der Waals surface area contributed by atoms with E-state index in [1.54, 1.807) is 23.5 Å². The van der Waals surface area contributed by atoms with E-state index < -0.39 is 5.97 Å². The van der Waals surface area contributed by atoms with Crippen LogP contribution >= 0.6 is 22.9 Å². The summed E-state index contributed by atoms with van der Waals surface area (Å²) >= 11 is 7.91. The van der Waals surface area contributed by atoms with Crippen LogP contribution in [0, 0.1) is 0 Å². The van der Waals surface area contributed by atoms with E-state index in [4.69, 9.17) is 16.7 Å². The quantitative estimate of drug-likeness (QED) is 0.844. The van der Waals surface area contributed by atoms with Crippen LogP contribution in [0.25, 0.3) is 6.08 Å². The van der Waals surface area contributed by atoms with Gasteiger partial charge in [0.15, 0.2) is 0 Å². The van der Waals surface area contributed by atoms with Crippen LogP contribution in [0.3, 0.4) is 0 Å². The third kappa shape index (κ3) is 3.62. The van der Waals surface area contributed by atoms with E-state index in [1.807, 2.05) is 29.5 Å². The summed E-state index contributed by atoms with van der Waals surface area (Å²) in [6.45, 7) is 0.723. The molecule has 0 aliphatic carbocycles. The number of carbonyl (C=O) groups is 1. The van der Waals surface area contributed by atoms with Crippen LogP contribution in [0.4, 0.5) is 5.69 Å². The van der Waals surface area contributed by atoms with E-state index in [-0.39, 0.29) is 0 Å². The average Bonchev–Trinajstić information content (AvgIpc) is 2.88. The van der Waals surface area contributed by atoms with Gasteiger partial charge in [0, 0.05) is 19.7 Å². The Morgan fingerprint density at radius 2 is 2.25 bits per heavy atom. The summed E-state index contributed by atoms with van der Waals surface area (Å²) in [5.74, 6) is -0.976. The molecular weight excluding hydrogens is 294 g/mol. The largest absolute Gasteiger partial charge is 0.478 e. The second-order valence-corrected chi connectivity index (χ2v) is 5.52. The number of rotatable bonds is 5. The first kappa shape index (κ1) is 14.6. The average molecular weight is 308 g/mol. The molecule has 0 bridgehead atoms. The number of carboxylic acids is 1. The second kappa shape index (κ2) is 6.59. The first-order chi connectivity index (χ1) is 9.58. The molecule has 20 heavy (non-hydrogen) atoms. The number of hydrogen-bond donors (Lipinski definition) is 1. The van der Waals surface area contributed by atoms with Crippen molar-refractivity contribution in [2.24, 2.45) is 0 Å². The lowest BCUT2D eigenvalue weighted by molar-refractivity contribution is -0.131. The predicted octanol–water partition coefficient (Wildman–Crippen LogP) is 4.14. The molecule has 0 amide bonds. The molecule has 0 spiro atoms. The fourth-order valence-electron chi connectivity index (χ4n) is 1.97. The summed E-state index contributed by atoms with van der Waals surface area (Å²) < 4.78 is 0. The van der Waals surface area contributed by atoms with Gasteiger partial charge >= 0.3 is 5.97 Å². The summed E-state index contributed by atoms with van der Waals surface area (Å²) in [5.41, 5.74) is 2.82. The van der Waals surface area contributed by atoms with E-state index in [0.717, 1.165) is 23.9 Å². The van der Waals surface area contributed by atoms with Crippen molar-refractivity contribution in [1.29, 1.82) is 0 Å². The molecule has 0 fully saturated rings. The number of aliphatic carboxylic acids is 1. The van der Waals surface area contributed by atoms with E-state index in [1.165, 1.54) is 5.56 Å². The fourth-order valence-corrected chi connectivity index (χ4v) is 2.95. The van der Waals surface area contributed by atoms with Crippen LogP contribution in [0.2, 0.25) is 5.02 Å². The van der Waals surface area contributed by atoms with Crippen LogP contribution in [0.5, 0.6) is 0 Å². The number of nitrogens with zero attached hydrogens (tertiary/aromatic N) is 1. The van der Waals surface area contributed by atoms with Gasteiger partial charge in [-0.3, -0.25) is 0 Å². The van der Waals surface area contributed by atoms with Gasteiger partial charge in [-0.1, -0.05) is 23.7 Å². The number of para-hydroxylation sites is 1. The number of thiophene rings is 1. The van der Waals surface area contributed by atoms with Crippen molar-refractivity contribution in [3.8, 4) is 0 Å². The second-order valence-electron chi connectivity index (χ2n) is 4.34. The Balaban J connectivity index is 2.31. The molecule has 1 heterocycles. The molecule has 0 unspecified atom stereocenters. The molecule has 1 aromatic carbocycles. The fraction of sp³-hybridized carbons (Fsp3) is 0.133. The van der Waals surface area contributed by atoms with Gasteiger partial charge < -0.3 is 10.0 Å². The van der Waals surface area contributed by atoms with Gasteiger partial charge in [0.2, 0.25) is 0 Å². The van der Waals surface area contributed by atoms with Gasteiger partial charge in [0.05, 0.1) is 10.7 Å². The number of benzene rings is 1. The maximum Gasteiger partial charge on any atom is 0.328 e.